The molecule has 0 radical (unpaired) electrons. The van der Waals surface area contributed by atoms with Crippen molar-refractivity contribution in [2.24, 2.45) is 4.99 Å². The summed E-state index contributed by atoms with van der Waals surface area (Å²) in [6, 6.07) is 10.0. The summed E-state index contributed by atoms with van der Waals surface area (Å²) in [5.41, 5.74) is 2.33. The first-order valence-electron chi connectivity index (χ1n) is 13.3. The molecule has 2 heterocycles. The number of nitrogens with zero attached hydrogens (tertiary/aromatic N) is 2. The van der Waals surface area contributed by atoms with Gasteiger partial charge in [0.05, 0.1) is 36.1 Å². The number of aromatic nitrogens is 1. The Morgan fingerprint density at radius 1 is 1.17 bits per heavy atom. The van der Waals surface area contributed by atoms with E-state index in [9.17, 15) is 14.7 Å². The topological polar surface area (TPSA) is 109 Å². The minimum absolute atomic E-state index is 0.0296. The predicted molar refractivity (Wildman–Crippen MR) is 157 cm³/mol. The highest BCUT2D eigenvalue weighted by Gasteiger charge is 2.35. The van der Waals surface area contributed by atoms with Gasteiger partial charge in [0.2, 0.25) is 0 Å². The van der Waals surface area contributed by atoms with Gasteiger partial charge < -0.3 is 24.1 Å². The number of esters is 1. The zero-order valence-electron chi connectivity index (χ0n) is 23.6. The summed E-state index contributed by atoms with van der Waals surface area (Å²) in [5.74, 6) is 0.315. The van der Waals surface area contributed by atoms with Crippen LogP contribution in [-0.4, -0.2) is 49.7 Å². The van der Waals surface area contributed by atoms with Crippen LogP contribution in [-0.2, 0) is 20.7 Å². The lowest BCUT2D eigenvalue weighted by Gasteiger charge is -2.26. The van der Waals surface area contributed by atoms with Crippen molar-refractivity contribution in [2.45, 2.75) is 32.7 Å². The average Bonchev–Trinajstić information content (AvgIpc) is 3.26. The SMILES string of the molecule is C=CCc1cc(/C=c2/sc3n(c2=O)[C@H](c2ccccc2OCCC)C(C(=O)OCCOC)=C(C)N=3)cc(OC)c1O. The summed E-state index contributed by atoms with van der Waals surface area (Å²) in [6.07, 6.45) is 4.63. The molecule has 0 unspecified atom stereocenters. The lowest BCUT2D eigenvalue weighted by molar-refractivity contribution is -0.140. The molecule has 0 bridgehead atoms. The standard InChI is InChI=1S/C31H34N2O7S/c1-6-10-21-16-20(17-24(38-5)28(21)34)18-25-29(35)33-27(22-11-8-9-12-23(22)39-13-7-2)26(19(3)32-31(33)41-25)30(36)40-15-14-37-4/h6,8-9,11-12,16-18,27,34H,1,7,10,13-15H2,2-5H3/b25-18+/t27-/m1/s1. The molecule has 41 heavy (non-hydrogen) atoms. The van der Waals surface area contributed by atoms with E-state index in [1.807, 2.05) is 31.2 Å². The molecule has 216 valence electrons. The third kappa shape index (κ3) is 6.28. The van der Waals surface area contributed by atoms with Crippen LogP contribution in [0.4, 0.5) is 0 Å². The highest BCUT2D eigenvalue weighted by atomic mass is 32.1. The number of methoxy groups -OCH3 is 2. The first-order chi connectivity index (χ1) is 19.8. The minimum atomic E-state index is -0.817. The maximum Gasteiger partial charge on any atom is 0.338 e. The molecule has 1 aliphatic heterocycles. The molecule has 1 aliphatic rings. The van der Waals surface area contributed by atoms with Crippen molar-refractivity contribution < 1.29 is 28.8 Å². The van der Waals surface area contributed by atoms with E-state index in [0.29, 0.717) is 56.2 Å². The number of fused-ring (bicyclic) bond motifs is 1. The number of allylic oxidation sites excluding steroid dienone is 2. The van der Waals surface area contributed by atoms with Gasteiger partial charge in [0, 0.05) is 18.2 Å². The third-order valence-corrected chi connectivity index (χ3v) is 7.48. The van der Waals surface area contributed by atoms with Crippen LogP contribution in [0.15, 0.2) is 70.1 Å². The van der Waals surface area contributed by atoms with Gasteiger partial charge in [0.1, 0.15) is 18.4 Å². The molecule has 1 N–H and O–H groups in total. The number of carbonyl (C=O) groups is 1. The fraction of sp³-hybridized carbons (Fsp3) is 0.323. The fourth-order valence-corrected chi connectivity index (χ4v) is 5.66. The number of aromatic hydroxyl groups is 1. The lowest BCUT2D eigenvalue weighted by Crippen LogP contribution is -2.40. The summed E-state index contributed by atoms with van der Waals surface area (Å²) < 4.78 is 23.9. The van der Waals surface area contributed by atoms with Crippen molar-refractivity contribution in [3.8, 4) is 17.2 Å². The van der Waals surface area contributed by atoms with Gasteiger partial charge in [0.25, 0.3) is 5.56 Å². The smallest absolute Gasteiger partial charge is 0.338 e. The number of thiazole rings is 1. The third-order valence-electron chi connectivity index (χ3n) is 6.50. The maximum atomic E-state index is 14.0. The van der Waals surface area contributed by atoms with Crippen LogP contribution in [0.5, 0.6) is 17.2 Å². The predicted octanol–water partition coefficient (Wildman–Crippen LogP) is 3.66. The van der Waals surface area contributed by atoms with E-state index in [1.54, 1.807) is 31.2 Å². The van der Waals surface area contributed by atoms with Gasteiger partial charge in [0.15, 0.2) is 16.3 Å². The Morgan fingerprint density at radius 2 is 1.95 bits per heavy atom. The Morgan fingerprint density at radius 3 is 2.66 bits per heavy atom. The molecule has 10 heteroatoms. The summed E-state index contributed by atoms with van der Waals surface area (Å²) in [5, 5.41) is 10.5. The number of ether oxygens (including phenoxy) is 4. The van der Waals surface area contributed by atoms with E-state index in [2.05, 4.69) is 11.6 Å². The van der Waals surface area contributed by atoms with Gasteiger partial charge in [-0.3, -0.25) is 9.36 Å². The Kier molecular flexibility index (Phi) is 9.80. The van der Waals surface area contributed by atoms with Crippen molar-refractivity contribution in [1.82, 2.24) is 4.57 Å². The summed E-state index contributed by atoms with van der Waals surface area (Å²) >= 11 is 1.21. The van der Waals surface area contributed by atoms with E-state index in [0.717, 1.165) is 6.42 Å². The number of para-hydroxylation sites is 1. The van der Waals surface area contributed by atoms with Gasteiger partial charge in [-0.05, 0) is 49.6 Å². The van der Waals surface area contributed by atoms with Crippen molar-refractivity contribution in [1.29, 1.82) is 0 Å². The van der Waals surface area contributed by atoms with Crippen molar-refractivity contribution >= 4 is 23.4 Å². The molecule has 0 spiro atoms. The molecule has 9 nitrogen and oxygen atoms in total. The number of benzene rings is 2. The first kappa shape index (κ1) is 29.8. The zero-order valence-corrected chi connectivity index (χ0v) is 24.5. The van der Waals surface area contributed by atoms with E-state index < -0.39 is 12.0 Å². The number of hydrogen-bond donors (Lipinski definition) is 1. The van der Waals surface area contributed by atoms with Crippen LogP contribution in [0.1, 0.15) is 43.0 Å². The highest BCUT2D eigenvalue weighted by molar-refractivity contribution is 7.07. The zero-order chi connectivity index (χ0) is 29.5. The van der Waals surface area contributed by atoms with Crippen LogP contribution in [0, 0.1) is 0 Å². The van der Waals surface area contributed by atoms with E-state index >= 15 is 0 Å². The van der Waals surface area contributed by atoms with Crippen molar-refractivity contribution in [2.75, 3.05) is 34.0 Å². The quantitative estimate of drug-likeness (QED) is 0.199. The molecule has 0 fully saturated rings. The maximum absolute atomic E-state index is 14.0. The van der Waals surface area contributed by atoms with E-state index in [-0.39, 0.29) is 30.1 Å². The van der Waals surface area contributed by atoms with Crippen LogP contribution in [0.25, 0.3) is 6.08 Å². The monoisotopic (exact) mass is 578 g/mol. The summed E-state index contributed by atoms with van der Waals surface area (Å²) in [6.45, 7) is 8.27. The molecule has 3 aromatic rings. The molecule has 4 rings (SSSR count). The molecule has 0 aliphatic carbocycles. The molecule has 0 saturated heterocycles. The molecule has 1 atom stereocenters. The van der Waals surface area contributed by atoms with Crippen molar-refractivity contribution in [3.05, 3.63) is 96.7 Å². The number of carbonyl (C=O) groups excluding carboxylic acids is 1. The minimum Gasteiger partial charge on any atom is -0.504 e. The Hall–Kier alpha value is -4.15. The van der Waals surface area contributed by atoms with Gasteiger partial charge in [-0.25, -0.2) is 9.79 Å². The van der Waals surface area contributed by atoms with E-state index in [4.69, 9.17) is 18.9 Å². The van der Waals surface area contributed by atoms with E-state index in [1.165, 1.54) is 30.1 Å². The summed E-state index contributed by atoms with van der Waals surface area (Å²) in [7, 11) is 3.00. The molecule has 0 amide bonds. The Labute approximate surface area is 242 Å². The second-order valence-electron chi connectivity index (χ2n) is 9.32. The van der Waals surface area contributed by atoms with Gasteiger partial charge in [-0.2, -0.15) is 0 Å². The van der Waals surface area contributed by atoms with Gasteiger partial charge in [-0.1, -0.05) is 42.5 Å². The molecule has 1 aromatic heterocycles. The largest absolute Gasteiger partial charge is 0.504 e. The second kappa shape index (κ2) is 13.5. The number of phenols is 1. The molecule has 0 saturated carbocycles. The van der Waals surface area contributed by atoms with Crippen LogP contribution in [0.3, 0.4) is 0 Å². The van der Waals surface area contributed by atoms with Crippen LogP contribution >= 0.6 is 11.3 Å². The lowest BCUT2D eigenvalue weighted by atomic mass is 9.95. The number of rotatable bonds is 12. The fourth-order valence-electron chi connectivity index (χ4n) is 4.61. The van der Waals surface area contributed by atoms with Crippen LogP contribution < -0.4 is 24.4 Å². The Bertz CT molecular complexity index is 1650. The second-order valence-corrected chi connectivity index (χ2v) is 10.3. The molecular weight excluding hydrogens is 544 g/mol. The summed E-state index contributed by atoms with van der Waals surface area (Å²) in [4.78, 5) is 32.6. The van der Waals surface area contributed by atoms with Crippen molar-refractivity contribution in [3.63, 3.8) is 0 Å². The number of phenolic OH excluding ortho intramolecular Hbond substituents is 1. The average molecular weight is 579 g/mol. The highest BCUT2D eigenvalue weighted by Crippen LogP contribution is 2.36. The Balaban J connectivity index is 1.93. The number of hydrogen-bond acceptors (Lipinski definition) is 9. The van der Waals surface area contributed by atoms with Gasteiger partial charge >= 0.3 is 5.97 Å². The van der Waals surface area contributed by atoms with Gasteiger partial charge in [-0.15, -0.1) is 6.58 Å². The van der Waals surface area contributed by atoms with Crippen LogP contribution in [0.2, 0.25) is 0 Å². The molecule has 2 aromatic carbocycles. The normalized spacial score (nSPS) is 14.8. The first-order valence-corrected chi connectivity index (χ1v) is 14.1. The molecular formula is C31H34N2O7S.